The molecule has 0 amide bonds. The van der Waals surface area contributed by atoms with Crippen LogP contribution in [0.1, 0.15) is 24.1 Å². The fourth-order valence-electron chi connectivity index (χ4n) is 1.46. The predicted molar refractivity (Wildman–Crippen MR) is 50.1 cm³/mol. The van der Waals surface area contributed by atoms with Crippen molar-refractivity contribution in [1.29, 1.82) is 0 Å². The highest BCUT2D eigenvalue weighted by Crippen LogP contribution is 2.10. The number of rotatable bonds is 3. The zero-order valence-corrected chi connectivity index (χ0v) is 8.09. The van der Waals surface area contributed by atoms with Crippen molar-refractivity contribution in [3.05, 3.63) is 17.2 Å². The Bertz CT molecular complexity index is 263. The molecule has 0 aliphatic rings. The molecular weight excluding hydrogens is 150 g/mol. The molecule has 0 aliphatic heterocycles. The van der Waals surface area contributed by atoms with Crippen LogP contribution < -0.4 is 5.73 Å². The van der Waals surface area contributed by atoms with Gasteiger partial charge < -0.3 is 10.3 Å². The molecule has 0 fully saturated rings. The minimum Gasteiger partial charge on any atom is -0.335 e. The van der Waals surface area contributed by atoms with Gasteiger partial charge in [-0.05, 0) is 19.9 Å². The third-order valence-corrected chi connectivity index (χ3v) is 2.24. The Labute approximate surface area is 73.6 Å². The van der Waals surface area contributed by atoms with E-state index >= 15 is 0 Å². The zero-order valence-electron chi connectivity index (χ0n) is 8.09. The van der Waals surface area contributed by atoms with E-state index in [1.807, 2.05) is 14.0 Å². The van der Waals surface area contributed by atoms with Gasteiger partial charge in [0.2, 0.25) is 0 Å². The van der Waals surface area contributed by atoms with Crippen LogP contribution in [0, 0.1) is 6.92 Å². The van der Waals surface area contributed by atoms with Crippen molar-refractivity contribution in [2.75, 3.05) is 6.54 Å². The second-order valence-electron chi connectivity index (χ2n) is 3.00. The van der Waals surface area contributed by atoms with Gasteiger partial charge in [-0.25, -0.2) is 4.98 Å². The number of nitrogens with zero attached hydrogens (tertiary/aromatic N) is 2. The monoisotopic (exact) mass is 167 g/mol. The third-order valence-electron chi connectivity index (χ3n) is 2.24. The van der Waals surface area contributed by atoms with Gasteiger partial charge in [-0.3, -0.25) is 0 Å². The molecule has 0 unspecified atom stereocenters. The van der Waals surface area contributed by atoms with E-state index in [9.17, 15) is 0 Å². The van der Waals surface area contributed by atoms with Crippen LogP contribution in [-0.4, -0.2) is 16.1 Å². The first-order valence-corrected chi connectivity index (χ1v) is 4.41. The number of aryl methyl sites for hydroxylation is 2. The summed E-state index contributed by atoms with van der Waals surface area (Å²) in [5.74, 6) is 1.08. The van der Waals surface area contributed by atoms with Crippen LogP contribution in [0.25, 0.3) is 0 Å². The minimum absolute atomic E-state index is 0.700. The van der Waals surface area contributed by atoms with Crippen molar-refractivity contribution in [2.45, 2.75) is 26.7 Å². The minimum atomic E-state index is 0.700. The Hall–Kier alpha value is -0.830. The normalized spacial score (nSPS) is 10.7. The first-order valence-electron chi connectivity index (χ1n) is 4.41. The smallest absolute Gasteiger partial charge is 0.105 e. The molecule has 0 saturated heterocycles. The van der Waals surface area contributed by atoms with Gasteiger partial charge in [-0.2, -0.15) is 0 Å². The van der Waals surface area contributed by atoms with Gasteiger partial charge in [-0.15, -0.1) is 0 Å². The Morgan fingerprint density at radius 3 is 2.67 bits per heavy atom. The number of imidazole rings is 1. The van der Waals surface area contributed by atoms with E-state index in [0.29, 0.717) is 6.54 Å². The SMILES string of the molecule is CCc1nc(C)n(C)c1CCN. The molecule has 3 nitrogen and oxygen atoms in total. The highest BCUT2D eigenvalue weighted by atomic mass is 15.1. The Morgan fingerprint density at radius 1 is 1.50 bits per heavy atom. The van der Waals surface area contributed by atoms with E-state index in [-0.39, 0.29) is 0 Å². The van der Waals surface area contributed by atoms with E-state index in [1.165, 1.54) is 11.4 Å². The van der Waals surface area contributed by atoms with Gasteiger partial charge in [-0.1, -0.05) is 6.92 Å². The fourth-order valence-corrected chi connectivity index (χ4v) is 1.46. The lowest BCUT2D eigenvalue weighted by molar-refractivity contribution is 0.771. The van der Waals surface area contributed by atoms with Crippen LogP contribution in [0.4, 0.5) is 0 Å². The molecule has 1 aromatic heterocycles. The predicted octanol–water partition coefficient (Wildman–Crippen LogP) is 0.792. The molecule has 1 rings (SSSR count). The van der Waals surface area contributed by atoms with Gasteiger partial charge in [0.15, 0.2) is 0 Å². The highest BCUT2D eigenvalue weighted by molar-refractivity contribution is 5.16. The summed E-state index contributed by atoms with van der Waals surface area (Å²) in [5.41, 5.74) is 8.01. The third kappa shape index (κ3) is 1.50. The summed E-state index contributed by atoms with van der Waals surface area (Å²) in [5, 5.41) is 0. The van der Waals surface area contributed by atoms with Crippen molar-refractivity contribution >= 4 is 0 Å². The lowest BCUT2D eigenvalue weighted by Gasteiger charge is -2.02. The largest absolute Gasteiger partial charge is 0.335 e. The van der Waals surface area contributed by atoms with E-state index in [0.717, 1.165) is 18.7 Å². The molecule has 1 heterocycles. The molecule has 0 aliphatic carbocycles. The quantitative estimate of drug-likeness (QED) is 0.723. The second kappa shape index (κ2) is 3.72. The maximum atomic E-state index is 5.52. The van der Waals surface area contributed by atoms with Crippen molar-refractivity contribution in [3.8, 4) is 0 Å². The van der Waals surface area contributed by atoms with Crippen LogP contribution in [0.3, 0.4) is 0 Å². The molecule has 0 saturated carbocycles. The maximum absolute atomic E-state index is 5.52. The van der Waals surface area contributed by atoms with Crippen molar-refractivity contribution in [1.82, 2.24) is 9.55 Å². The summed E-state index contributed by atoms with van der Waals surface area (Å²) < 4.78 is 2.13. The lowest BCUT2D eigenvalue weighted by Crippen LogP contribution is -2.08. The van der Waals surface area contributed by atoms with Gasteiger partial charge in [0.25, 0.3) is 0 Å². The summed E-state index contributed by atoms with van der Waals surface area (Å²) in [6.07, 6.45) is 1.93. The highest BCUT2D eigenvalue weighted by Gasteiger charge is 2.08. The molecule has 1 aromatic rings. The van der Waals surface area contributed by atoms with Crippen LogP contribution in [0.15, 0.2) is 0 Å². The molecule has 0 aromatic carbocycles. The van der Waals surface area contributed by atoms with Gasteiger partial charge in [0.1, 0.15) is 5.82 Å². The molecule has 0 radical (unpaired) electrons. The van der Waals surface area contributed by atoms with Gasteiger partial charge in [0, 0.05) is 19.2 Å². The first kappa shape index (κ1) is 9.26. The van der Waals surface area contributed by atoms with E-state index in [4.69, 9.17) is 5.73 Å². The molecule has 3 heteroatoms. The second-order valence-corrected chi connectivity index (χ2v) is 3.00. The molecule has 68 valence electrons. The van der Waals surface area contributed by atoms with Crippen LogP contribution in [0.5, 0.6) is 0 Å². The number of nitrogens with two attached hydrogens (primary N) is 1. The standard InChI is InChI=1S/C9H17N3/c1-4-8-9(5-6-10)12(3)7(2)11-8/h4-6,10H2,1-3H3. The number of hydrogen-bond donors (Lipinski definition) is 1. The summed E-state index contributed by atoms with van der Waals surface area (Å²) in [4.78, 5) is 4.45. The van der Waals surface area contributed by atoms with Crippen molar-refractivity contribution < 1.29 is 0 Å². The topological polar surface area (TPSA) is 43.8 Å². The Balaban J connectivity index is 3.03. The Kier molecular flexibility index (Phi) is 2.87. The van der Waals surface area contributed by atoms with Gasteiger partial charge >= 0.3 is 0 Å². The molecule has 12 heavy (non-hydrogen) atoms. The lowest BCUT2D eigenvalue weighted by atomic mass is 10.2. The average Bonchev–Trinajstić information content (AvgIpc) is 2.33. The number of hydrogen-bond acceptors (Lipinski definition) is 2. The van der Waals surface area contributed by atoms with E-state index in [1.54, 1.807) is 0 Å². The Morgan fingerprint density at radius 2 is 2.17 bits per heavy atom. The molecular formula is C9H17N3. The van der Waals surface area contributed by atoms with Crippen LogP contribution in [-0.2, 0) is 19.9 Å². The number of aromatic nitrogens is 2. The summed E-state index contributed by atoms with van der Waals surface area (Å²) >= 11 is 0. The van der Waals surface area contributed by atoms with Crippen molar-refractivity contribution in [2.24, 2.45) is 12.8 Å². The van der Waals surface area contributed by atoms with Gasteiger partial charge in [0.05, 0.1) is 5.69 Å². The molecule has 2 N–H and O–H groups in total. The van der Waals surface area contributed by atoms with Crippen molar-refractivity contribution in [3.63, 3.8) is 0 Å². The fraction of sp³-hybridized carbons (Fsp3) is 0.667. The molecule has 0 atom stereocenters. The summed E-state index contributed by atoms with van der Waals surface area (Å²) in [7, 11) is 2.05. The first-order chi connectivity index (χ1) is 5.70. The molecule has 0 spiro atoms. The average molecular weight is 167 g/mol. The zero-order chi connectivity index (χ0) is 9.14. The van der Waals surface area contributed by atoms with E-state index < -0.39 is 0 Å². The molecule has 0 bridgehead atoms. The van der Waals surface area contributed by atoms with Crippen LogP contribution >= 0.6 is 0 Å². The maximum Gasteiger partial charge on any atom is 0.105 e. The van der Waals surface area contributed by atoms with Crippen LogP contribution in [0.2, 0.25) is 0 Å². The van der Waals surface area contributed by atoms with E-state index in [2.05, 4.69) is 16.5 Å². The summed E-state index contributed by atoms with van der Waals surface area (Å²) in [6.45, 7) is 4.85. The summed E-state index contributed by atoms with van der Waals surface area (Å²) in [6, 6.07) is 0.